The summed E-state index contributed by atoms with van der Waals surface area (Å²) in [4.78, 5) is 10.7. The van der Waals surface area contributed by atoms with E-state index >= 15 is 0 Å². The average molecular weight is 642 g/mol. The van der Waals surface area contributed by atoms with Gasteiger partial charge in [-0.05, 0) is 89.1 Å². The van der Waals surface area contributed by atoms with Crippen LogP contribution in [0.15, 0.2) is 103 Å². The highest BCUT2D eigenvalue weighted by Crippen LogP contribution is 2.41. The number of hydrogen-bond acceptors (Lipinski definition) is 3. The number of para-hydroxylation sites is 2. The SMILES string of the molecule is C.CC[N+]1=C(/C=C/c2ccc(OCc3ccc([N+](=O)[O-])cc3)c(/C=C/C3=[N+](CC)c4ccccc4C3(C)C)c2)C(C)(C)c2ccccc21. The first-order valence-corrected chi connectivity index (χ1v) is 16.4. The number of nitrogens with zero attached hydrogens (tertiary/aromatic N) is 3. The van der Waals surface area contributed by atoms with Crippen molar-refractivity contribution < 1.29 is 18.8 Å². The Bertz CT molecular complexity index is 1980. The molecule has 0 bridgehead atoms. The van der Waals surface area contributed by atoms with Crippen molar-refractivity contribution >= 4 is 40.6 Å². The van der Waals surface area contributed by atoms with Gasteiger partial charge in [-0.3, -0.25) is 10.1 Å². The van der Waals surface area contributed by atoms with E-state index in [2.05, 4.69) is 136 Å². The van der Waals surface area contributed by atoms with E-state index in [-0.39, 0.29) is 28.9 Å². The van der Waals surface area contributed by atoms with Crippen LogP contribution in [0.4, 0.5) is 17.1 Å². The summed E-state index contributed by atoms with van der Waals surface area (Å²) in [7, 11) is 0. The van der Waals surface area contributed by atoms with Gasteiger partial charge in [-0.1, -0.05) is 49.9 Å². The van der Waals surface area contributed by atoms with Gasteiger partial charge < -0.3 is 4.74 Å². The highest BCUT2D eigenvalue weighted by atomic mass is 16.6. The number of nitro groups is 1. The number of nitro benzene ring substituents is 1. The molecule has 0 aromatic heterocycles. The summed E-state index contributed by atoms with van der Waals surface area (Å²) >= 11 is 0. The normalized spacial score (nSPS) is 16.0. The molecule has 4 aromatic carbocycles. The highest BCUT2D eigenvalue weighted by Gasteiger charge is 2.44. The standard InChI is InChI=1S/C41H43N3O3.CH4/c1-7-42-35-15-11-9-13-33(35)40(3,4)38(42)25-20-29-19-24-37(47-28-30-17-22-32(23-18-30)44(45)46)31(27-29)21-26-39-41(5,6)34-14-10-12-16-36(34)43(39)8-2;/h9-27H,7-8,28H2,1-6H3;1H4/q+2;/b25-20+,26-21+;. The number of non-ortho nitro benzene ring substituents is 1. The number of allylic oxidation sites excluding steroid dienone is 2. The zero-order chi connectivity index (χ0) is 33.3. The molecule has 0 radical (unpaired) electrons. The second-order valence-electron chi connectivity index (χ2n) is 13.2. The van der Waals surface area contributed by atoms with Crippen molar-refractivity contribution in [3.8, 4) is 5.75 Å². The Morgan fingerprint density at radius 2 is 1.23 bits per heavy atom. The maximum Gasteiger partial charge on any atom is 0.269 e. The first-order chi connectivity index (χ1) is 22.6. The Balaban J connectivity index is 0.00000451. The lowest BCUT2D eigenvalue weighted by atomic mass is 9.81. The average Bonchev–Trinajstić information content (AvgIpc) is 3.43. The lowest BCUT2D eigenvalue weighted by Crippen LogP contribution is -2.27. The molecular weight excluding hydrogens is 594 g/mol. The van der Waals surface area contributed by atoms with Gasteiger partial charge in [-0.15, -0.1) is 0 Å². The topological polar surface area (TPSA) is 58.4 Å². The summed E-state index contributed by atoms with van der Waals surface area (Å²) in [6.45, 7) is 15.6. The molecule has 6 heteroatoms. The fourth-order valence-corrected chi connectivity index (χ4v) is 7.11. The summed E-state index contributed by atoms with van der Waals surface area (Å²) in [6, 6.07) is 30.1. The third-order valence-electron chi connectivity index (χ3n) is 9.66. The van der Waals surface area contributed by atoms with E-state index in [0.717, 1.165) is 35.5 Å². The van der Waals surface area contributed by atoms with Gasteiger partial charge >= 0.3 is 0 Å². The largest absolute Gasteiger partial charge is 0.488 e. The molecule has 0 N–H and O–H groups in total. The van der Waals surface area contributed by atoms with Crippen LogP contribution in [0.25, 0.3) is 12.2 Å². The van der Waals surface area contributed by atoms with Gasteiger partial charge in [0.15, 0.2) is 11.4 Å². The molecule has 4 aromatic rings. The van der Waals surface area contributed by atoms with Crippen molar-refractivity contribution in [2.45, 2.75) is 66.4 Å². The summed E-state index contributed by atoms with van der Waals surface area (Å²) in [6.07, 6.45) is 8.85. The molecule has 6 rings (SSSR count). The lowest BCUT2D eigenvalue weighted by Gasteiger charge is -2.16. The Kier molecular flexibility index (Phi) is 9.67. The van der Waals surface area contributed by atoms with Crippen LogP contribution in [-0.4, -0.2) is 38.6 Å². The number of hydrogen-bond donors (Lipinski definition) is 0. The van der Waals surface area contributed by atoms with Gasteiger partial charge in [0, 0.05) is 53.1 Å². The molecule has 0 spiro atoms. The summed E-state index contributed by atoms with van der Waals surface area (Å²) in [5, 5.41) is 11.1. The molecule has 0 saturated heterocycles. The molecule has 2 heterocycles. The Hall–Kier alpha value is -5.10. The maximum atomic E-state index is 11.1. The van der Waals surface area contributed by atoms with Crippen molar-refractivity contribution in [3.63, 3.8) is 0 Å². The van der Waals surface area contributed by atoms with E-state index in [9.17, 15) is 10.1 Å². The van der Waals surface area contributed by atoms with E-state index in [4.69, 9.17) is 4.74 Å². The summed E-state index contributed by atoms with van der Waals surface area (Å²) in [5.41, 5.74) is 10.4. The molecule has 6 nitrogen and oxygen atoms in total. The summed E-state index contributed by atoms with van der Waals surface area (Å²) < 4.78 is 11.2. The van der Waals surface area contributed by atoms with Gasteiger partial charge in [0.25, 0.3) is 5.69 Å². The minimum absolute atomic E-state index is 0. The van der Waals surface area contributed by atoms with Crippen LogP contribution in [0.1, 0.15) is 76.8 Å². The first-order valence-electron chi connectivity index (χ1n) is 16.4. The predicted molar refractivity (Wildman–Crippen MR) is 199 cm³/mol. The molecule has 2 aliphatic rings. The molecule has 0 saturated carbocycles. The zero-order valence-corrected chi connectivity index (χ0v) is 28.2. The fourth-order valence-electron chi connectivity index (χ4n) is 7.11. The molecular formula is C42H47N3O3+2. The first kappa shape index (κ1) is 34.2. The number of rotatable bonds is 10. The number of ether oxygens (including phenoxy) is 1. The molecule has 0 fully saturated rings. The maximum absolute atomic E-state index is 11.1. The minimum Gasteiger partial charge on any atom is -0.488 e. The van der Waals surface area contributed by atoms with Gasteiger partial charge in [0.05, 0.1) is 15.8 Å². The molecule has 48 heavy (non-hydrogen) atoms. The fraction of sp³-hybridized carbons (Fsp3) is 0.286. The van der Waals surface area contributed by atoms with Gasteiger partial charge in [0.2, 0.25) is 11.4 Å². The van der Waals surface area contributed by atoms with E-state index in [1.807, 2.05) is 6.07 Å². The Morgan fingerprint density at radius 1 is 0.708 bits per heavy atom. The van der Waals surface area contributed by atoms with E-state index in [1.54, 1.807) is 12.1 Å². The van der Waals surface area contributed by atoms with Crippen LogP contribution in [0.3, 0.4) is 0 Å². The van der Waals surface area contributed by atoms with Gasteiger partial charge in [-0.25, -0.2) is 0 Å². The molecule has 0 unspecified atom stereocenters. The van der Waals surface area contributed by atoms with Crippen LogP contribution in [0, 0.1) is 10.1 Å². The second-order valence-corrected chi connectivity index (χ2v) is 13.2. The van der Waals surface area contributed by atoms with Crippen molar-refractivity contribution in [2.75, 3.05) is 13.1 Å². The van der Waals surface area contributed by atoms with Crippen LogP contribution >= 0.6 is 0 Å². The second kappa shape index (κ2) is 13.6. The molecule has 0 atom stereocenters. The summed E-state index contributed by atoms with van der Waals surface area (Å²) in [5.74, 6) is 0.755. The third-order valence-corrected chi connectivity index (χ3v) is 9.66. The van der Waals surface area contributed by atoms with Crippen LogP contribution < -0.4 is 4.74 Å². The smallest absolute Gasteiger partial charge is 0.269 e. The molecule has 0 aliphatic carbocycles. The van der Waals surface area contributed by atoms with Crippen LogP contribution in [0.2, 0.25) is 0 Å². The lowest BCUT2D eigenvalue weighted by molar-refractivity contribution is -0.433. The minimum atomic E-state index is -0.386. The van der Waals surface area contributed by atoms with Crippen molar-refractivity contribution in [1.29, 1.82) is 0 Å². The van der Waals surface area contributed by atoms with E-state index in [1.165, 1.54) is 46.1 Å². The Labute approximate surface area is 285 Å². The van der Waals surface area contributed by atoms with Crippen molar-refractivity contribution in [3.05, 3.63) is 141 Å². The van der Waals surface area contributed by atoms with Crippen LogP contribution in [-0.2, 0) is 17.4 Å². The van der Waals surface area contributed by atoms with Gasteiger partial charge in [0.1, 0.15) is 25.4 Å². The van der Waals surface area contributed by atoms with Crippen LogP contribution in [0.5, 0.6) is 5.75 Å². The monoisotopic (exact) mass is 641 g/mol. The van der Waals surface area contributed by atoms with Crippen molar-refractivity contribution in [1.82, 2.24) is 0 Å². The quantitative estimate of drug-likeness (QED) is 0.0984. The van der Waals surface area contributed by atoms with E-state index < -0.39 is 0 Å². The van der Waals surface area contributed by atoms with E-state index in [0.29, 0.717) is 6.61 Å². The van der Waals surface area contributed by atoms with Gasteiger partial charge in [-0.2, -0.15) is 9.15 Å². The van der Waals surface area contributed by atoms with Crippen molar-refractivity contribution in [2.24, 2.45) is 0 Å². The number of benzene rings is 4. The molecule has 246 valence electrons. The predicted octanol–water partition coefficient (Wildman–Crippen LogP) is 10.0. The molecule has 0 amide bonds. The highest BCUT2D eigenvalue weighted by molar-refractivity contribution is 6.06. The number of fused-ring (bicyclic) bond motifs is 2. The zero-order valence-electron chi connectivity index (χ0n) is 28.2. The Morgan fingerprint density at radius 3 is 1.75 bits per heavy atom. The molecule has 2 aliphatic heterocycles. The third kappa shape index (κ3) is 6.15.